The number of benzene rings is 1. The third-order valence-electron chi connectivity index (χ3n) is 3.12. The molecule has 0 radical (unpaired) electrons. The highest BCUT2D eigenvalue weighted by Crippen LogP contribution is 2.28. The normalized spacial score (nSPS) is 10.9. The first-order valence-electron chi connectivity index (χ1n) is 6.17. The first kappa shape index (κ1) is 11.4. The lowest BCUT2D eigenvalue weighted by atomic mass is 10.1. The maximum absolute atomic E-state index is 10.2. The molecule has 0 aliphatic carbocycles. The predicted molar refractivity (Wildman–Crippen MR) is 76.8 cm³/mol. The molecule has 2 N–H and O–H groups in total. The van der Waals surface area contributed by atoms with Crippen molar-refractivity contribution in [3.63, 3.8) is 0 Å². The molecule has 0 fully saturated rings. The van der Waals surface area contributed by atoms with Gasteiger partial charge in [0.1, 0.15) is 5.75 Å². The SMILES string of the molecule is Oc1c(C/C=C/c2cc#ccc2)ccc2[nH]ccc12. The first-order chi connectivity index (χ1) is 9.34. The highest BCUT2D eigenvalue weighted by molar-refractivity contribution is 5.86. The zero-order valence-corrected chi connectivity index (χ0v) is 10.4. The van der Waals surface area contributed by atoms with Crippen molar-refractivity contribution >= 4 is 17.0 Å². The van der Waals surface area contributed by atoms with E-state index in [1.54, 1.807) is 0 Å². The number of nitrogens with one attached hydrogen (secondary N) is 1. The molecule has 2 heteroatoms. The van der Waals surface area contributed by atoms with Crippen LogP contribution in [0.15, 0.2) is 48.7 Å². The average molecular weight is 247 g/mol. The van der Waals surface area contributed by atoms with E-state index in [1.165, 1.54) is 0 Å². The van der Waals surface area contributed by atoms with Crippen molar-refractivity contribution in [1.82, 2.24) is 4.98 Å². The maximum atomic E-state index is 10.2. The van der Waals surface area contributed by atoms with E-state index in [1.807, 2.05) is 54.7 Å². The molecule has 0 saturated carbocycles. The lowest BCUT2D eigenvalue weighted by Gasteiger charge is -2.02. The van der Waals surface area contributed by atoms with Crippen molar-refractivity contribution in [2.24, 2.45) is 0 Å². The number of hydrogen-bond donors (Lipinski definition) is 2. The molecule has 92 valence electrons. The highest BCUT2D eigenvalue weighted by Gasteiger charge is 2.05. The number of aromatic nitrogens is 1. The topological polar surface area (TPSA) is 36.0 Å². The van der Waals surface area contributed by atoms with Gasteiger partial charge >= 0.3 is 0 Å². The van der Waals surface area contributed by atoms with Gasteiger partial charge in [-0.25, -0.2) is 0 Å². The van der Waals surface area contributed by atoms with Gasteiger partial charge < -0.3 is 10.1 Å². The minimum Gasteiger partial charge on any atom is -0.507 e. The predicted octanol–water partition coefficient (Wildman–Crippen LogP) is 3.73. The molecule has 2 nitrogen and oxygen atoms in total. The van der Waals surface area contributed by atoms with Crippen LogP contribution in [0.2, 0.25) is 0 Å². The van der Waals surface area contributed by atoms with E-state index in [4.69, 9.17) is 0 Å². The summed E-state index contributed by atoms with van der Waals surface area (Å²) < 4.78 is 0. The molecule has 0 aliphatic rings. The smallest absolute Gasteiger partial charge is 0.128 e. The Morgan fingerprint density at radius 1 is 1.16 bits per heavy atom. The van der Waals surface area contributed by atoms with E-state index in [9.17, 15) is 5.11 Å². The summed E-state index contributed by atoms with van der Waals surface area (Å²) in [5, 5.41) is 11.0. The molecule has 1 aromatic heterocycles. The molecule has 0 amide bonds. The van der Waals surface area contributed by atoms with E-state index in [-0.39, 0.29) is 0 Å². The quantitative estimate of drug-likeness (QED) is 0.727. The van der Waals surface area contributed by atoms with Crippen LogP contribution in [0.3, 0.4) is 0 Å². The third kappa shape index (κ3) is 2.31. The Balaban J connectivity index is 1.82. The number of aromatic amines is 1. The van der Waals surface area contributed by atoms with Gasteiger partial charge in [0.05, 0.1) is 0 Å². The van der Waals surface area contributed by atoms with Crippen LogP contribution in [-0.4, -0.2) is 10.1 Å². The Bertz CT molecular complexity index is 710. The van der Waals surface area contributed by atoms with Gasteiger partial charge in [0.2, 0.25) is 0 Å². The molecule has 0 bridgehead atoms. The van der Waals surface area contributed by atoms with Crippen LogP contribution in [-0.2, 0) is 6.42 Å². The van der Waals surface area contributed by atoms with Crippen molar-refractivity contribution in [2.75, 3.05) is 0 Å². The van der Waals surface area contributed by atoms with Crippen molar-refractivity contribution < 1.29 is 5.11 Å². The monoisotopic (exact) mass is 247 g/mol. The summed E-state index contributed by atoms with van der Waals surface area (Å²) in [4.78, 5) is 3.08. The van der Waals surface area contributed by atoms with Gasteiger partial charge in [-0.2, -0.15) is 0 Å². The second-order valence-corrected chi connectivity index (χ2v) is 4.39. The molecule has 0 spiro atoms. The fraction of sp³-hybridized carbons (Fsp3) is 0.0588. The van der Waals surface area contributed by atoms with Gasteiger partial charge in [-0.15, -0.1) is 0 Å². The molecule has 0 unspecified atom stereocenters. The van der Waals surface area contributed by atoms with Crippen LogP contribution < -0.4 is 0 Å². The molecule has 3 aromatic rings. The van der Waals surface area contributed by atoms with Crippen LogP contribution in [0.1, 0.15) is 11.1 Å². The molecular weight excluding hydrogens is 234 g/mol. The van der Waals surface area contributed by atoms with Gasteiger partial charge in [-0.3, -0.25) is 0 Å². The Morgan fingerprint density at radius 2 is 2.11 bits per heavy atom. The van der Waals surface area contributed by atoms with Gasteiger partial charge in [-0.05, 0) is 47.9 Å². The van der Waals surface area contributed by atoms with Crippen LogP contribution >= 0.6 is 0 Å². The Hall–Kier alpha value is -2.66. The lowest BCUT2D eigenvalue weighted by Crippen LogP contribution is -1.83. The summed E-state index contributed by atoms with van der Waals surface area (Å²) in [5.41, 5.74) is 2.97. The first-order valence-corrected chi connectivity index (χ1v) is 6.17. The van der Waals surface area contributed by atoms with E-state index in [0.29, 0.717) is 12.2 Å². The zero-order chi connectivity index (χ0) is 13.1. The highest BCUT2D eigenvalue weighted by atomic mass is 16.3. The third-order valence-corrected chi connectivity index (χ3v) is 3.12. The second kappa shape index (κ2) is 4.91. The number of fused-ring (bicyclic) bond motifs is 1. The van der Waals surface area contributed by atoms with Gasteiger partial charge in [0, 0.05) is 17.1 Å². The summed E-state index contributed by atoms with van der Waals surface area (Å²) >= 11 is 0. The fourth-order valence-corrected chi connectivity index (χ4v) is 2.11. The second-order valence-electron chi connectivity index (χ2n) is 4.39. The number of aromatic hydroxyl groups is 1. The molecule has 0 aliphatic heterocycles. The molecular formula is C17H13NO. The number of allylic oxidation sites excluding steroid dienone is 1. The molecule has 0 atom stereocenters. The number of phenols is 1. The van der Waals surface area contributed by atoms with Crippen molar-refractivity contribution in [3.05, 3.63) is 71.9 Å². The summed E-state index contributed by atoms with van der Waals surface area (Å²) in [6.07, 6.45) is 6.59. The summed E-state index contributed by atoms with van der Waals surface area (Å²) in [6.45, 7) is 0. The van der Waals surface area contributed by atoms with Gasteiger partial charge in [0.15, 0.2) is 0 Å². The number of phenolic OH excluding ortho intramolecular Hbond substituents is 1. The van der Waals surface area contributed by atoms with E-state index >= 15 is 0 Å². The average Bonchev–Trinajstić information content (AvgIpc) is 2.92. The number of rotatable bonds is 3. The maximum Gasteiger partial charge on any atom is 0.128 e. The summed E-state index contributed by atoms with van der Waals surface area (Å²) in [5.74, 6) is 0.358. The van der Waals surface area contributed by atoms with Crippen LogP contribution in [0.25, 0.3) is 17.0 Å². The molecule has 1 heterocycles. The largest absolute Gasteiger partial charge is 0.507 e. The van der Waals surface area contributed by atoms with E-state index < -0.39 is 0 Å². The van der Waals surface area contributed by atoms with Crippen molar-refractivity contribution in [3.8, 4) is 5.75 Å². The van der Waals surface area contributed by atoms with Crippen molar-refractivity contribution in [1.29, 1.82) is 0 Å². The Kier molecular flexibility index (Phi) is 2.96. The Labute approximate surface area is 112 Å². The van der Waals surface area contributed by atoms with Crippen LogP contribution in [0, 0.1) is 12.1 Å². The number of H-pyrrole nitrogens is 1. The van der Waals surface area contributed by atoms with Crippen LogP contribution in [0.4, 0.5) is 0 Å². The standard InChI is InChI=1S/C17H13NO/c19-17-14(9-10-16-15(17)11-12-18-16)8-4-7-13-5-2-1-3-6-13/h2,4-7,9-12,18-19H,8H2/b7-4+. The summed E-state index contributed by atoms with van der Waals surface area (Å²) in [7, 11) is 0. The number of hydrogen-bond acceptors (Lipinski definition) is 1. The minimum absolute atomic E-state index is 0.358. The van der Waals surface area contributed by atoms with Gasteiger partial charge in [0.25, 0.3) is 0 Å². The van der Waals surface area contributed by atoms with Gasteiger partial charge in [-0.1, -0.05) is 30.4 Å². The van der Waals surface area contributed by atoms with E-state index in [2.05, 4.69) is 17.1 Å². The molecule has 3 rings (SSSR count). The molecule has 2 aromatic carbocycles. The zero-order valence-electron chi connectivity index (χ0n) is 10.4. The fourth-order valence-electron chi connectivity index (χ4n) is 2.11. The molecule has 19 heavy (non-hydrogen) atoms. The molecule has 0 saturated heterocycles. The van der Waals surface area contributed by atoms with Crippen molar-refractivity contribution in [2.45, 2.75) is 6.42 Å². The lowest BCUT2D eigenvalue weighted by molar-refractivity contribution is 0.476. The Morgan fingerprint density at radius 3 is 2.95 bits per heavy atom. The van der Waals surface area contributed by atoms with E-state index in [0.717, 1.165) is 22.0 Å². The summed E-state index contributed by atoms with van der Waals surface area (Å²) in [6, 6.07) is 17.3. The van der Waals surface area contributed by atoms with Crippen LogP contribution in [0.5, 0.6) is 5.75 Å². The minimum atomic E-state index is 0.358.